The second-order valence-corrected chi connectivity index (χ2v) is 14.5. The molecule has 218 valence electrons. The molecule has 0 aliphatic heterocycles. The van der Waals surface area contributed by atoms with Crippen molar-refractivity contribution in [3.8, 4) is 0 Å². The number of aliphatic hydroxyl groups is 4. The summed E-state index contributed by atoms with van der Waals surface area (Å²) in [7, 11) is 0. The van der Waals surface area contributed by atoms with Crippen LogP contribution in [-0.4, -0.2) is 56.4 Å². The van der Waals surface area contributed by atoms with Crippen molar-refractivity contribution in [2.45, 2.75) is 122 Å². The molecule has 6 heteroatoms. The van der Waals surface area contributed by atoms with Crippen molar-refractivity contribution in [1.29, 1.82) is 0 Å². The molecule has 0 aromatic carbocycles. The number of hydrogen-bond donors (Lipinski definition) is 4. The number of allylic oxidation sites excluding steroid dienone is 2. The number of aldehydes is 1. The van der Waals surface area contributed by atoms with Gasteiger partial charge in [0.05, 0.1) is 23.9 Å². The van der Waals surface area contributed by atoms with Crippen LogP contribution in [0.15, 0.2) is 23.3 Å². The number of hydrogen-bond acceptors (Lipinski definition) is 6. The number of carbonyl (C=O) groups is 2. The summed E-state index contributed by atoms with van der Waals surface area (Å²) in [5.41, 5.74) is -0.0560. The quantitative estimate of drug-likeness (QED) is 0.290. The van der Waals surface area contributed by atoms with Gasteiger partial charge in [-0.05, 0) is 98.0 Å². The minimum absolute atomic E-state index is 0.00536. The summed E-state index contributed by atoms with van der Waals surface area (Å²) in [6.07, 6.45) is 10.3. The van der Waals surface area contributed by atoms with Gasteiger partial charge in [0, 0.05) is 17.8 Å². The molecule has 5 aliphatic rings. The van der Waals surface area contributed by atoms with E-state index in [1.807, 2.05) is 6.08 Å². The second-order valence-electron chi connectivity index (χ2n) is 14.5. The Morgan fingerprint density at radius 1 is 1.08 bits per heavy atom. The smallest absolute Gasteiger partial charge is 0.159 e. The van der Waals surface area contributed by atoms with E-state index in [1.165, 1.54) is 0 Å². The van der Waals surface area contributed by atoms with E-state index in [4.69, 9.17) is 0 Å². The van der Waals surface area contributed by atoms with Gasteiger partial charge in [-0.2, -0.15) is 0 Å². The zero-order chi connectivity index (χ0) is 28.3. The minimum Gasteiger partial charge on any atom is -0.392 e. The maximum atomic E-state index is 13.5. The lowest BCUT2D eigenvalue weighted by atomic mass is 9.42. The van der Waals surface area contributed by atoms with E-state index in [0.29, 0.717) is 25.7 Å². The standard InChI is InChI=1S/C33H50O6/c1-19(2)20(8-7-13-34)14-27(35)22-10-6-5-9-21-15-24-25(33(39)12-11-23(22)32(21,33)4)16-28(36)26-17-29(37)30(38)18-31(24,26)3/h8,13,16,19,21-24,26-27,29-30,35,37-39H,5-7,9-12,14-15,17-18H2,1-4H3. The van der Waals surface area contributed by atoms with Crippen molar-refractivity contribution in [3.05, 3.63) is 23.3 Å². The molecule has 11 atom stereocenters. The van der Waals surface area contributed by atoms with Crippen LogP contribution < -0.4 is 0 Å². The van der Waals surface area contributed by atoms with Gasteiger partial charge < -0.3 is 25.2 Å². The molecule has 4 N–H and O–H groups in total. The molecule has 0 bridgehead atoms. The van der Waals surface area contributed by atoms with E-state index >= 15 is 0 Å². The zero-order valence-corrected chi connectivity index (χ0v) is 24.3. The SMILES string of the molecule is CC(C)C(=CCC=O)CC(O)C1CCCCC2CC3C(=CC(=O)C4CC(O)C(O)CC43C)C3(O)CCC1C23C. The van der Waals surface area contributed by atoms with E-state index in [-0.39, 0.29) is 47.7 Å². The average molecular weight is 543 g/mol. The molecule has 0 spiro atoms. The van der Waals surface area contributed by atoms with Crippen LogP contribution >= 0.6 is 0 Å². The molecule has 0 amide bonds. The first-order chi connectivity index (χ1) is 18.4. The monoisotopic (exact) mass is 542 g/mol. The van der Waals surface area contributed by atoms with Gasteiger partial charge in [0.15, 0.2) is 5.78 Å². The van der Waals surface area contributed by atoms with E-state index in [2.05, 4.69) is 27.7 Å². The number of fused-ring (bicyclic) bond motifs is 4. The Hall–Kier alpha value is -1.34. The number of ketones is 1. The molecule has 39 heavy (non-hydrogen) atoms. The highest BCUT2D eigenvalue weighted by Gasteiger charge is 2.70. The van der Waals surface area contributed by atoms with Gasteiger partial charge in [-0.25, -0.2) is 0 Å². The Kier molecular flexibility index (Phi) is 7.84. The van der Waals surface area contributed by atoms with Gasteiger partial charge in [-0.1, -0.05) is 52.2 Å². The number of rotatable bonds is 6. The molecule has 11 unspecified atom stereocenters. The molecule has 4 saturated carbocycles. The molecule has 0 radical (unpaired) electrons. The predicted octanol–water partition coefficient (Wildman–Crippen LogP) is 4.53. The third-order valence-corrected chi connectivity index (χ3v) is 12.5. The highest BCUT2D eigenvalue weighted by molar-refractivity contribution is 5.95. The Morgan fingerprint density at radius 3 is 2.49 bits per heavy atom. The summed E-state index contributed by atoms with van der Waals surface area (Å²) >= 11 is 0. The van der Waals surface area contributed by atoms with E-state index in [0.717, 1.165) is 56.0 Å². The Balaban J connectivity index is 1.52. The summed E-state index contributed by atoms with van der Waals surface area (Å²) in [6, 6.07) is 0. The van der Waals surface area contributed by atoms with Crippen LogP contribution in [0.2, 0.25) is 0 Å². The largest absolute Gasteiger partial charge is 0.392 e. The fourth-order valence-corrected chi connectivity index (χ4v) is 10.3. The van der Waals surface area contributed by atoms with Crippen molar-refractivity contribution in [1.82, 2.24) is 0 Å². The maximum Gasteiger partial charge on any atom is 0.159 e. The Bertz CT molecular complexity index is 1030. The van der Waals surface area contributed by atoms with Crippen LogP contribution in [0.3, 0.4) is 0 Å². The van der Waals surface area contributed by atoms with Crippen molar-refractivity contribution in [2.24, 2.45) is 46.3 Å². The predicted molar refractivity (Wildman–Crippen MR) is 149 cm³/mol. The molecule has 5 rings (SSSR count). The fraction of sp³-hybridized carbons (Fsp3) is 0.818. The molecule has 5 aliphatic carbocycles. The first-order valence-electron chi connectivity index (χ1n) is 15.5. The zero-order valence-electron chi connectivity index (χ0n) is 24.3. The maximum absolute atomic E-state index is 13.5. The normalized spacial score (nSPS) is 46.9. The van der Waals surface area contributed by atoms with Crippen LogP contribution in [0.1, 0.15) is 98.3 Å². The lowest BCUT2D eigenvalue weighted by molar-refractivity contribution is -0.171. The molecule has 0 aromatic heterocycles. The molecule has 4 fully saturated rings. The highest BCUT2D eigenvalue weighted by atomic mass is 16.3. The summed E-state index contributed by atoms with van der Waals surface area (Å²) < 4.78 is 0. The lowest BCUT2D eigenvalue weighted by Crippen LogP contribution is -2.64. The topological polar surface area (TPSA) is 115 Å². The molecule has 6 nitrogen and oxygen atoms in total. The first kappa shape index (κ1) is 29.2. The third kappa shape index (κ3) is 4.43. The summed E-state index contributed by atoms with van der Waals surface area (Å²) in [5, 5.41) is 45.6. The van der Waals surface area contributed by atoms with E-state index < -0.39 is 34.7 Å². The minimum atomic E-state index is -1.11. The highest BCUT2D eigenvalue weighted by Crippen LogP contribution is 2.71. The van der Waals surface area contributed by atoms with Crippen LogP contribution in [0.25, 0.3) is 0 Å². The van der Waals surface area contributed by atoms with Gasteiger partial charge in [0.2, 0.25) is 0 Å². The Labute approximate surface area is 234 Å². The lowest BCUT2D eigenvalue weighted by Gasteiger charge is -2.63. The van der Waals surface area contributed by atoms with Crippen molar-refractivity contribution in [2.75, 3.05) is 0 Å². The molecular formula is C33H50O6. The van der Waals surface area contributed by atoms with Gasteiger partial charge in [-0.15, -0.1) is 0 Å². The van der Waals surface area contributed by atoms with Crippen molar-refractivity contribution in [3.63, 3.8) is 0 Å². The van der Waals surface area contributed by atoms with Gasteiger partial charge in [-0.3, -0.25) is 4.79 Å². The summed E-state index contributed by atoms with van der Waals surface area (Å²) in [4.78, 5) is 24.6. The van der Waals surface area contributed by atoms with Gasteiger partial charge in [0.1, 0.15) is 6.29 Å². The second kappa shape index (κ2) is 10.5. The van der Waals surface area contributed by atoms with Gasteiger partial charge >= 0.3 is 0 Å². The third-order valence-electron chi connectivity index (χ3n) is 12.5. The molecule has 0 saturated heterocycles. The van der Waals surface area contributed by atoms with Crippen LogP contribution in [0.4, 0.5) is 0 Å². The van der Waals surface area contributed by atoms with E-state index in [9.17, 15) is 30.0 Å². The van der Waals surface area contributed by atoms with Crippen LogP contribution in [0, 0.1) is 46.3 Å². The van der Waals surface area contributed by atoms with Crippen LogP contribution in [-0.2, 0) is 9.59 Å². The van der Waals surface area contributed by atoms with Gasteiger partial charge in [0.25, 0.3) is 0 Å². The molecular weight excluding hydrogens is 492 g/mol. The average Bonchev–Trinajstić information content (AvgIpc) is 3.14. The Morgan fingerprint density at radius 2 is 1.79 bits per heavy atom. The van der Waals surface area contributed by atoms with Crippen LogP contribution in [0.5, 0.6) is 0 Å². The number of carbonyl (C=O) groups excluding carboxylic acids is 2. The first-order valence-corrected chi connectivity index (χ1v) is 15.5. The molecule has 0 heterocycles. The summed E-state index contributed by atoms with van der Waals surface area (Å²) in [5.74, 6) is 0.371. The fourth-order valence-electron chi connectivity index (χ4n) is 10.3. The summed E-state index contributed by atoms with van der Waals surface area (Å²) in [6.45, 7) is 8.56. The molecule has 0 aromatic rings. The van der Waals surface area contributed by atoms with E-state index in [1.54, 1.807) is 6.08 Å². The van der Waals surface area contributed by atoms with Crippen molar-refractivity contribution >= 4 is 12.1 Å². The number of aliphatic hydroxyl groups excluding tert-OH is 3. The van der Waals surface area contributed by atoms with Crippen molar-refractivity contribution < 1.29 is 30.0 Å².